The summed E-state index contributed by atoms with van der Waals surface area (Å²) in [5.74, 6) is 0. The van der Waals surface area contributed by atoms with Crippen LogP contribution in [0.2, 0.25) is 0 Å². The third-order valence-corrected chi connectivity index (χ3v) is 19.9. The molecule has 1 unspecified atom stereocenters. The first-order valence-electron chi connectivity index (χ1n) is 19.7. The Morgan fingerprint density at radius 3 is 1.69 bits per heavy atom. The second kappa shape index (κ2) is 12.6. The summed E-state index contributed by atoms with van der Waals surface area (Å²) in [5.41, 5.74) is 16.7. The van der Waals surface area contributed by atoms with E-state index in [4.69, 9.17) is 0 Å². The molecule has 1 aliphatic heterocycles. The zero-order valence-corrected chi connectivity index (χ0v) is 33.6. The van der Waals surface area contributed by atoms with E-state index < -0.39 is 15.2 Å². The van der Waals surface area contributed by atoms with Gasteiger partial charge in [-0.25, -0.2) is 0 Å². The Labute approximate surface area is 327 Å². The van der Waals surface area contributed by atoms with Gasteiger partial charge in [-0.05, 0) is 0 Å². The molecule has 0 spiro atoms. The fourth-order valence-corrected chi connectivity index (χ4v) is 17.2. The Morgan fingerprint density at radius 2 is 0.982 bits per heavy atom. The van der Waals surface area contributed by atoms with E-state index in [9.17, 15) is 0 Å². The van der Waals surface area contributed by atoms with Crippen LogP contribution in [0, 0.1) is 0 Å². The Kier molecular flexibility index (Phi) is 7.61. The van der Waals surface area contributed by atoms with Crippen LogP contribution in [-0.2, 0) is 25.7 Å². The van der Waals surface area contributed by atoms with E-state index in [2.05, 4.69) is 188 Å². The van der Waals surface area contributed by atoms with Gasteiger partial charge in [0.1, 0.15) is 0 Å². The van der Waals surface area contributed by atoms with Crippen LogP contribution in [-0.4, -0.2) is 20.8 Å². The monoisotopic (exact) mass is 746 g/mol. The van der Waals surface area contributed by atoms with Crippen LogP contribution < -0.4 is 41.6 Å². The molecule has 0 N–H and O–H groups in total. The van der Waals surface area contributed by atoms with E-state index in [1.807, 2.05) is 0 Å². The maximum atomic E-state index is 2.66. The van der Waals surface area contributed by atoms with Crippen LogP contribution in [0.1, 0.15) is 44.5 Å². The fraction of sp³-hybridized carbons (Fsp3) is 0.137. The molecule has 0 amide bonds. The molecule has 4 aliphatic carbocycles. The van der Waals surface area contributed by atoms with Gasteiger partial charge >= 0.3 is 328 Å². The normalized spacial score (nSPS) is 18.3. The van der Waals surface area contributed by atoms with Crippen molar-refractivity contribution in [2.75, 3.05) is 30.6 Å². The maximum absolute atomic E-state index is 2.75. The van der Waals surface area contributed by atoms with Crippen LogP contribution in [0.4, 0.5) is 22.7 Å². The molecule has 0 bridgehead atoms. The zero-order chi connectivity index (χ0) is 36.8. The first-order chi connectivity index (χ1) is 27.0. The summed E-state index contributed by atoms with van der Waals surface area (Å²) in [7, 11) is 1.04. The number of benzene rings is 6. The Balaban J connectivity index is 1.35. The average Bonchev–Trinajstić information content (AvgIpc) is 4.07. The molecular weight excluding hydrogens is 703 g/mol. The second-order valence-electron chi connectivity index (χ2n) is 15.8. The van der Waals surface area contributed by atoms with Gasteiger partial charge in [-0.3, -0.25) is 0 Å². The van der Waals surface area contributed by atoms with Gasteiger partial charge in [-0.15, -0.1) is 0 Å². The van der Waals surface area contributed by atoms with Crippen LogP contribution in [0.15, 0.2) is 133 Å². The molecule has 0 radical (unpaired) electrons. The van der Waals surface area contributed by atoms with Crippen molar-refractivity contribution < 1.29 is 0 Å². The molecule has 0 aromatic heterocycles. The minimum absolute atomic E-state index is 0.941. The number of hydrogen-bond donors (Lipinski definition) is 0. The molecule has 0 fully saturated rings. The van der Waals surface area contributed by atoms with E-state index >= 15 is 0 Å². The molecular formula is C51H44N2P2. The Hall–Kier alpha value is -5.26. The van der Waals surface area contributed by atoms with Crippen LogP contribution in [0.25, 0.3) is 24.3 Å². The number of nitrogens with zero attached hydrogens (tertiary/aromatic N) is 2. The molecule has 1 atom stereocenters. The van der Waals surface area contributed by atoms with Crippen molar-refractivity contribution in [3.05, 3.63) is 178 Å². The van der Waals surface area contributed by atoms with Crippen LogP contribution in [0.3, 0.4) is 0 Å². The average molecular weight is 747 g/mol. The van der Waals surface area contributed by atoms with Crippen molar-refractivity contribution in [1.29, 1.82) is 0 Å². The molecule has 4 heteroatoms. The van der Waals surface area contributed by atoms with Gasteiger partial charge in [-0.1, -0.05) is 0 Å². The van der Waals surface area contributed by atoms with Crippen molar-refractivity contribution in [3.8, 4) is 0 Å². The van der Waals surface area contributed by atoms with E-state index in [-0.39, 0.29) is 0 Å². The third kappa shape index (κ3) is 4.81. The number of anilines is 4. The molecule has 0 saturated carbocycles. The molecule has 55 heavy (non-hydrogen) atoms. The summed E-state index contributed by atoms with van der Waals surface area (Å²) in [6.07, 6.45) is 22.8. The Bertz CT molecular complexity index is 2700. The summed E-state index contributed by atoms with van der Waals surface area (Å²) in [6, 6.07) is 42.7. The van der Waals surface area contributed by atoms with Crippen LogP contribution >= 0.6 is 15.2 Å². The van der Waals surface area contributed by atoms with Gasteiger partial charge in [-0.2, -0.15) is 0 Å². The van der Waals surface area contributed by atoms with E-state index in [0.29, 0.717) is 0 Å². The summed E-state index contributed by atoms with van der Waals surface area (Å²) < 4.78 is 0. The van der Waals surface area contributed by atoms with Crippen molar-refractivity contribution in [1.82, 2.24) is 0 Å². The zero-order valence-electron chi connectivity index (χ0n) is 31.7. The van der Waals surface area contributed by atoms with Crippen molar-refractivity contribution >= 4 is 94.1 Å². The van der Waals surface area contributed by atoms with Gasteiger partial charge in [0.2, 0.25) is 0 Å². The minimum atomic E-state index is -2.75. The van der Waals surface area contributed by atoms with Gasteiger partial charge in [0.05, 0.1) is 0 Å². The second-order valence-corrected chi connectivity index (χ2v) is 21.8. The van der Waals surface area contributed by atoms with Gasteiger partial charge in [0.15, 0.2) is 0 Å². The molecule has 11 rings (SSSR count). The third-order valence-electron chi connectivity index (χ3n) is 13.0. The van der Waals surface area contributed by atoms with Crippen molar-refractivity contribution in [2.24, 2.45) is 0 Å². The number of rotatable bonds is 2. The quantitative estimate of drug-likeness (QED) is 0.163. The molecule has 0 saturated heterocycles. The molecule has 6 aromatic rings. The van der Waals surface area contributed by atoms with E-state index in [1.54, 1.807) is 0 Å². The summed E-state index contributed by atoms with van der Waals surface area (Å²) in [6.45, 7) is 2.64. The molecule has 268 valence electrons. The molecule has 6 aromatic carbocycles. The SMILES string of the molecule is CN1c2c(ccc3c2C=CC3)[PH](C)(c2ccccc2)c2ccc3c(c2N(C)c2c(ccc4c2C=CC4)P(c2ccccc2)c2ccc4c(c21)CC=C4)CC=C3. The number of allylic oxidation sites excluding steroid dienone is 4. The predicted octanol–water partition coefficient (Wildman–Crippen LogP) is 9.23. The molecule has 2 nitrogen and oxygen atoms in total. The molecule has 5 aliphatic rings. The summed E-state index contributed by atoms with van der Waals surface area (Å²) >= 11 is 0. The van der Waals surface area contributed by atoms with E-state index in [1.165, 1.54) is 99.1 Å². The van der Waals surface area contributed by atoms with Crippen molar-refractivity contribution in [3.63, 3.8) is 0 Å². The topological polar surface area (TPSA) is 6.48 Å². The van der Waals surface area contributed by atoms with Gasteiger partial charge < -0.3 is 0 Å². The van der Waals surface area contributed by atoms with Crippen LogP contribution in [0.5, 0.6) is 0 Å². The number of hydrogen-bond acceptors (Lipinski definition) is 2. The standard InChI is InChI=1S/C51H44N2P2/c1-52-48-40-22-10-14-34(40)26-30-44(48)54(38-18-6-4-7-19-38)45-31-27-35-15-11-23-41(35)49(45)53(2)51-43-25-13-17-37(43)29-33-47(51)55(3,39-20-8-5-9-21-39)46-32-28-36-16-12-24-42(36)50(46)52/h4-14,17-21,23-24,26-33,55H,15-16,22,25H2,1-3H3. The first kappa shape index (κ1) is 33.1. The molecule has 1 heterocycles. The Morgan fingerprint density at radius 1 is 0.473 bits per heavy atom. The number of fused-ring (bicyclic) bond motifs is 12. The fourth-order valence-electron chi connectivity index (χ4n) is 10.3. The van der Waals surface area contributed by atoms with Gasteiger partial charge in [0.25, 0.3) is 0 Å². The van der Waals surface area contributed by atoms with Crippen molar-refractivity contribution in [2.45, 2.75) is 25.7 Å². The van der Waals surface area contributed by atoms with E-state index in [0.717, 1.165) is 25.7 Å². The van der Waals surface area contributed by atoms with Gasteiger partial charge in [0, 0.05) is 0 Å². The predicted molar refractivity (Wildman–Crippen MR) is 245 cm³/mol. The summed E-state index contributed by atoms with van der Waals surface area (Å²) in [4.78, 5) is 5.31. The summed E-state index contributed by atoms with van der Waals surface area (Å²) in [5, 5.41) is 8.63. The first-order valence-corrected chi connectivity index (χ1v) is 23.6.